The van der Waals surface area contributed by atoms with Gasteiger partial charge in [0.1, 0.15) is 5.75 Å². The summed E-state index contributed by atoms with van der Waals surface area (Å²) < 4.78 is 5.43. The van der Waals surface area contributed by atoms with Crippen LogP contribution in [0.5, 0.6) is 5.75 Å². The van der Waals surface area contributed by atoms with Crippen LogP contribution in [-0.2, 0) is 6.54 Å². The molecule has 0 aliphatic rings. The van der Waals surface area contributed by atoms with Gasteiger partial charge in [-0.15, -0.1) is 0 Å². The van der Waals surface area contributed by atoms with Gasteiger partial charge in [-0.2, -0.15) is 0 Å². The standard InChI is InChI=1S/C17H21ClN2O/c1-4-21-17-10-7-14(11-16(17)18)19-12-13-5-8-15(9-6-13)20(2)3/h5-11,19H,4,12H2,1-3H3. The highest BCUT2D eigenvalue weighted by Crippen LogP contribution is 2.27. The van der Waals surface area contributed by atoms with Crippen LogP contribution in [0, 0.1) is 0 Å². The number of hydrogen-bond acceptors (Lipinski definition) is 3. The second-order valence-electron chi connectivity index (χ2n) is 4.99. The quantitative estimate of drug-likeness (QED) is 0.855. The van der Waals surface area contributed by atoms with Crippen molar-refractivity contribution in [1.29, 1.82) is 0 Å². The average Bonchev–Trinajstić information content (AvgIpc) is 2.48. The lowest BCUT2D eigenvalue weighted by Gasteiger charge is -2.13. The molecule has 0 unspecified atom stereocenters. The Hall–Kier alpha value is -1.87. The highest BCUT2D eigenvalue weighted by Gasteiger charge is 2.03. The highest BCUT2D eigenvalue weighted by atomic mass is 35.5. The number of ether oxygens (including phenoxy) is 1. The van der Waals surface area contributed by atoms with E-state index in [-0.39, 0.29) is 0 Å². The molecule has 1 N–H and O–H groups in total. The van der Waals surface area contributed by atoms with Gasteiger partial charge in [0.2, 0.25) is 0 Å². The minimum absolute atomic E-state index is 0.616. The first-order chi connectivity index (χ1) is 10.1. The zero-order valence-corrected chi connectivity index (χ0v) is 13.4. The molecule has 0 spiro atoms. The lowest BCUT2D eigenvalue weighted by Crippen LogP contribution is -2.08. The third-order valence-electron chi connectivity index (χ3n) is 3.18. The lowest BCUT2D eigenvalue weighted by atomic mass is 10.2. The van der Waals surface area contributed by atoms with Gasteiger partial charge in [-0.05, 0) is 42.8 Å². The summed E-state index contributed by atoms with van der Waals surface area (Å²) in [7, 11) is 4.07. The molecular weight excluding hydrogens is 284 g/mol. The van der Waals surface area contributed by atoms with Crippen molar-refractivity contribution in [2.75, 3.05) is 30.9 Å². The fourth-order valence-corrected chi connectivity index (χ4v) is 2.23. The van der Waals surface area contributed by atoms with Crippen LogP contribution in [0.3, 0.4) is 0 Å². The van der Waals surface area contributed by atoms with Crippen LogP contribution in [0.1, 0.15) is 12.5 Å². The molecule has 0 amide bonds. The topological polar surface area (TPSA) is 24.5 Å². The van der Waals surface area contributed by atoms with E-state index in [4.69, 9.17) is 16.3 Å². The molecule has 2 aromatic rings. The van der Waals surface area contributed by atoms with Gasteiger partial charge in [0.05, 0.1) is 11.6 Å². The van der Waals surface area contributed by atoms with Crippen molar-refractivity contribution < 1.29 is 4.74 Å². The van der Waals surface area contributed by atoms with Gasteiger partial charge in [0, 0.05) is 32.0 Å². The molecule has 0 saturated carbocycles. The summed E-state index contributed by atoms with van der Waals surface area (Å²) in [5.74, 6) is 0.722. The second-order valence-corrected chi connectivity index (χ2v) is 5.40. The smallest absolute Gasteiger partial charge is 0.138 e. The molecule has 0 bridgehead atoms. The van der Waals surface area contributed by atoms with Gasteiger partial charge in [-0.25, -0.2) is 0 Å². The molecule has 3 nitrogen and oxygen atoms in total. The molecule has 0 heterocycles. The Morgan fingerprint density at radius 3 is 2.38 bits per heavy atom. The summed E-state index contributed by atoms with van der Waals surface area (Å²) in [4.78, 5) is 2.09. The Morgan fingerprint density at radius 1 is 1.10 bits per heavy atom. The maximum absolute atomic E-state index is 6.18. The summed E-state index contributed by atoms with van der Waals surface area (Å²) in [5.41, 5.74) is 3.41. The predicted octanol–water partition coefficient (Wildman–Crippen LogP) is 4.42. The van der Waals surface area contributed by atoms with Crippen LogP contribution in [0.25, 0.3) is 0 Å². The summed E-state index contributed by atoms with van der Waals surface area (Å²) >= 11 is 6.18. The van der Waals surface area contributed by atoms with Crippen molar-refractivity contribution in [3.63, 3.8) is 0 Å². The fourth-order valence-electron chi connectivity index (χ4n) is 2.00. The molecule has 2 rings (SSSR count). The van der Waals surface area contributed by atoms with Crippen LogP contribution >= 0.6 is 11.6 Å². The number of nitrogens with zero attached hydrogens (tertiary/aromatic N) is 1. The molecule has 0 atom stereocenters. The molecule has 4 heteroatoms. The van der Waals surface area contributed by atoms with E-state index in [1.165, 1.54) is 11.3 Å². The van der Waals surface area contributed by atoms with Gasteiger partial charge in [0.15, 0.2) is 0 Å². The second kappa shape index (κ2) is 7.23. The van der Waals surface area contributed by atoms with Gasteiger partial charge in [-0.1, -0.05) is 23.7 Å². The Bertz CT molecular complexity index is 582. The third kappa shape index (κ3) is 4.30. The first kappa shape index (κ1) is 15.5. The zero-order chi connectivity index (χ0) is 15.2. The maximum atomic E-state index is 6.18. The normalized spacial score (nSPS) is 10.3. The number of hydrogen-bond donors (Lipinski definition) is 1. The first-order valence-corrected chi connectivity index (χ1v) is 7.40. The van der Waals surface area contributed by atoms with Crippen LogP contribution in [0.15, 0.2) is 42.5 Å². The van der Waals surface area contributed by atoms with Crippen molar-refractivity contribution in [2.24, 2.45) is 0 Å². The molecule has 0 aliphatic carbocycles. The van der Waals surface area contributed by atoms with E-state index in [0.717, 1.165) is 18.0 Å². The van der Waals surface area contributed by atoms with E-state index in [1.807, 2.05) is 39.2 Å². The van der Waals surface area contributed by atoms with Crippen molar-refractivity contribution >= 4 is 23.0 Å². The van der Waals surface area contributed by atoms with E-state index in [0.29, 0.717) is 11.6 Å². The summed E-state index contributed by atoms with van der Waals surface area (Å²) in [5, 5.41) is 4.00. The van der Waals surface area contributed by atoms with Gasteiger partial charge < -0.3 is 15.0 Å². The van der Waals surface area contributed by atoms with Gasteiger partial charge in [0.25, 0.3) is 0 Å². The van der Waals surface area contributed by atoms with E-state index in [9.17, 15) is 0 Å². The number of anilines is 2. The summed E-state index contributed by atoms with van der Waals surface area (Å²) in [6.45, 7) is 3.32. The Balaban J connectivity index is 1.97. The van der Waals surface area contributed by atoms with Gasteiger partial charge in [-0.3, -0.25) is 0 Å². The highest BCUT2D eigenvalue weighted by molar-refractivity contribution is 6.32. The van der Waals surface area contributed by atoms with Crippen molar-refractivity contribution in [1.82, 2.24) is 0 Å². The zero-order valence-electron chi connectivity index (χ0n) is 12.7. The third-order valence-corrected chi connectivity index (χ3v) is 3.48. The van der Waals surface area contributed by atoms with Crippen LogP contribution in [0.4, 0.5) is 11.4 Å². The molecule has 0 fully saturated rings. The maximum Gasteiger partial charge on any atom is 0.138 e. The van der Waals surface area contributed by atoms with Crippen molar-refractivity contribution in [2.45, 2.75) is 13.5 Å². The molecule has 0 aromatic heterocycles. The molecule has 0 aliphatic heterocycles. The average molecular weight is 305 g/mol. The van der Waals surface area contributed by atoms with E-state index < -0.39 is 0 Å². The monoisotopic (exact) mass is 304 g/mol. The summed E-state index contributed by atoms with van der Waals surface area (Å²) in [6.07, 6.45) is 0. The largest absolute Gasteiger partial charge is 0.492 e. The predicted molar refractivity (Wildman–Crippen MR) is 90.7 cm³/mol. The Morgan fingerprint density at radius 2 is 1.81 bits per heavy atom. The van der Waals surface area contributed by atoms with Crippen molar-refractivity contribution in [3.05, 3.63) is 53.1 Å². The summed E-state index contributed by atoms with van der Waals surface area (Å²) in [6, 6.07) is 14.2. The number of halogens is 1. The molecule has 112 valence electrons. The SMILES string of the molecule is CCOc1ccc(NCc2ccc(N(C)C)cc2)cc1Cl. The number of nitrogens with one attached hydrogen (secondary N) is 1. The molecule has 2 aromatic carbocycles. The number of benzene rings is 2. The minimum atomic E-state index is 0.616. The Labute approximate surface area is 131 Å². The lowest BCUT2D eigenvalue weighted by molar-refractivity contribution is 0.340. The minimum Gasteiger partial charge on any atom is -0.492 e. The van der Waals surface area contributed by atoms with Crippen molar-refractivity contribution in [3.8, 4) is 5.75 Å². The Kier molecular flexibility index (Phi) is 5.34. The molecular formula is C17H21ClN2O. The van der Waals surface area contributed by atoms with Crippen LogP contribution in [-0.4, -0.2) is 20.7 Å². The van der Waals surface area contributed by atoms with Crippen LogP contribution < -0.4 is 15.0 Å². The van der Waals surface area contributed by atoms with Gasteiger partial charge >= 0.3 is 0 Å². The first-order valence-electron chi connectivity index (χ1n) is 7.02. The van der Waals surface area contributed by atoms with E-state index >= 15 is 0 Å². The molecule has 21 heavy (non-hydrogen) atoms. The molecule has 0 saturated heterocycles. The fraction of sp³-hybridized carbons (Fsp3) is 0.294. The van der Waals surface area contributed by atoms with Crippen LogP contribution in [0.2, 0.25) is 5.02 Å². The number of rotatable bonds is 6. The van der Waals surface area contributed by atoms with E-state index in [1.54, 1.807) is 0 Å². The molecule has 0 radical (unpaired) electrons. The van der Waals surface area contributed by atoms with E-state index in [2.05, 4.69) is 34.5 Å².